The summed E-state index contributed by atoms with van der Waals surface area (Å²) in [6.45, 7) is 6.63. The van der Waals surface area contributed by atoms with E-state index in [1.54, 1.807) is 0 Å². The van der Waals surface area contributed by atoms with E-state index in [1.165, 1.54) is 83.5 Å². The van der Waals surface area contributed by atoms with Crippen LogP contribution in [0.3, 0.4) is 0 Å². The molecule has 0 saturated carbocycles. The first kappa shape index (κ1) is 61.0. The highest BCUT2D eigenvalue weighted by molar-refractivity contribution is 5.79. The van der Waals surface area contributed by atoms with Crippen molar-refractivity contribution < 1.29 is 28.6 Å². The van der Waals surface area contributed by atoms with Crippen molar-refractivity contribution in [1.82, 2.24) is 0 Å². The highest BCUT2D eigenvalue weighted by Gasteiger charge is 2.18. The Kier molecular flexibility index (Phi) is 50.2. The van der Waals surface area contributed by atoms with Crippen molar-refractivity contribution in [3.63, 3.8) is 0 Å². The van der Waals surface area contributed by atoms with Crippen molar-refractivity contribution in [2.45, 2.75) is 258 Å². The molecule has 0 heterocycles. The van der Waals surface area contributed by atoms with Crippen LogP contribution in [-0.4, -0.2) is 43.6 Å². The predicted octanol–water partition coefficient (Wildman–Crippen LogP) is 17.5. The Morgan fingerprint density at radius 2 is 0.734 bits per heavy atom. The van der Waals surface area contributed by atoms with Gasteiger partial charge in [-0.2, -0.15) is 0 Å². The fraction of sp³-hybridized carbons (Fsp3) is 0.741. The van der Waals surface area contributed by atoms with Crippen LogP contribution in [0, 0.1) is 0 Å². The first-order chi connectivity index (χ1) is 31.5. The summed E-state index contributed by atoms with van der Waals surface area (Å²) in [5, 5.41) is 0. The zero-order chi connectivity index (χ0) is 46.5. The molecular formula is C58H100O6. The smallest absolute Gasteiger partial charge is 0.306 e. The zero-order valence-corrected chi connectivity index (χ0v) is 42.0. The summed E-state index contributed by atoms with van der Waals surface area (Å²) in [7, 11) is 0. The molecule has 0 radical (unpaired) electrons. The topological polar surface area (TPSA) is 78.9 Å². The normalized spacial score (nSPS) is 12.7. The van der Waals surface area contributed by atoms with Crippen LogP contribution in [0.2, 0.25) is 0 Å². The van der Waals surface area contributed by atoms with Crippen molar-refractivity contribution in [3.05, 3.63) is 72.9 Å². The number of carbonyl (C=O) groups is 3. The number of hydrogen-bond acceptors (Lipinski definition) is 6. The number of Topliss-reactive ketones (excluding diaryl/α,β-unsaturated/α-hetero) is 1. The molecule has 0 saturated heterocycles. The molecule has 0 aromatic heterocycles. The van der Waals surface area contributed by atoms with Gasteiger partial charge < -0.3 is 14.2 Å². The number of esters is 2. The van der Waals surface area contributed by atoms with Crippen molar-refractivity contribution in [1.29, 1.82) is 0 Å². The molecular weight excluding hydrogens is 793 g/mol. The summed E-state index contributed by atoms with van der Waals surface area (Å²) in [4.78, 5) is 38.0. The van der Waals surface area contributed by atoms with Crippen LogP contribution >= 0.6 is 0 Å². The van der Waals surface area contributed by atoms with E-state index < -0.39 is 6.10 Å². The minimum Gasteiger partial charge on any atom is -0.462 e. The third-order valence-electron chi connectivity index (χ3n) is 11.4. The van der Waals surface area contributed by atoms with Gasteiger partial charge in [0.25, 0.3) is 0 Å². The summed E-state index contributed by atoms with van der Waals surface area (Å²) in [6, 6.07) is 0. The maximum atomic E-state index is 12.8. The second-order valence-electron chi connectivity index (χ2n) is 17.8. The van der Waals surface area contributed by atoms with E-state index in [2.05, 4.69) is 93.7 Å². The first-order valence-electron chi connectivity index (χ1n) is 26.9. The van der Waals surface area contributed by atoms with Crippen LogP contribution in [0.1, 0.15) is 252 Å². The lowest BCUT2D eigenvalue weighted by Gasteiger charge is -2.18. The number of carbonyl (C=O) groups excluding carboxylic acids is 3. The molecule has 0 amide bonds. The Balaban J connectivity index is 4.43. The van der Waals surface area contributed by atoms with E-state index in [-0.39, 0.29) is 37.5 Å². The van der Waals surface area contributed by atoms with Crippen LogP contribution in [-0.2, 0) is 28.6 Å². The molecule has 0 rings (SSSR count). The van der Waals surface area contributed by atoms with Gasteiger partial charge in [-0.3, -0.25) is 14.4 Å². The lowest BCUT2D eigenvalue weighted by Crippen LogP contribution is -2.30. The summed E-state index contributed by atoms with van der Waals surface area (Å²) in [5.41, 5.74) is 0. The van der Waals surface area contributed by atoms with Crippen molar-refractivity contribution in [3.8, 4) is 0 Å². The second-order valence-corrected chi connectivity index (χ2v) is 17.8. The molecule has 0 aliphatic heterocycles. The molecule has 0 aromatic rings. The molecule has 0 bridgehead atoms. The van der Waals surface area contributed by atoms with E-state index in [9.17, 15) is 14.4 Å². The average Bonchev–Trinajstić information content (AvgIpc) is 3.29. The molecule has 6 nitrogen and oxygen atoms in total. The van der Waals surface area contributed by atoms with Gasteiger partial charge in [0, 0.05) is 19.3 Å². The largest absolute Gasteiger partial charge is 0.462 e. The first-order valence-corrected chi connectivity index (χ1v) is 26.9. The number of ketones is 1. The molecule has 6 heteroatoms. The number of hydrogen-bond donors (Lipinski definition) is 0. The lowest BCUT2D eigenvalue weighted by atomic mass is 10.1. The molecule has 0 spiro atoms. The Morgan fingerprint density at radius 1 is 0.375 bits per heavy atom. The van der Waals surface area contributed by atoms with E-state index in [0.29, 0.717) is 19.3 Å². The molecule has 1 atom stereocenters. The molecule has 0 aromatic carbocycles. The third-order valence-corrected chi connectivity index (χ3v) is 11.4. The summed E-state index contributed by atoms with van der Waals surface area (Å²) >= 11 is 0. The SMILES string of the molecule is CCC=CCC=CCC=CCCCCCCCC(=O)OCC(COCC(=O)CCCCCCCC=CCCCCCCCC)OC(=O)CCCCCCCC=CCC=CCCCCC. The van der Waals surface area contributed by atoms with Crippen molar-refractivity contribution in [2.75, 3.05) is 19.8 Å². The Morgan fingerprint density at radius 3 is 1.22 bits per heavy atom. The Bertz CT molecular complexity index is 1210. The number of ether oxygens (including phenoxy) is 3. The van der Waals surface area contributed by atoms with Gasteiger partial charge in [-0.25, -0.2) is 0 Å². The summed E-state index contributed by atoms with van der Waals surface area (Å²) in [5.74, 6) is -0.527. The summed E-state index contributed by atoms with van der Waals surface area (Å²) < 4.78 is 17.0. The van der Waals surface area contributed by atoms with Gasteiger partial charge in [0.05, 0.1) is 6.61 Å². The molecule has 368 valence electrons. The molecule has 1 unspecified atom stereocenters. The van der Waals surface area contributed by atoms with Crippen molar-refractivity contribution in [2.24, 2.45) is 0 Å². The zero-order valence-electron chi connectivity index (χ0n) is 42.0. The molecule has 0 aliphatic rings. The van der Waals surface area contributed by atoms with Gasteiger partial charge in [0.2, 0.25) is 0 Å². The standard InChI is InChI=1S/C58H100O6/c1-4-7-10-13-16-19-22-25-28-31-34-37-40-43-46-49-55(59)52-62-53-56(64-58(61)51-48-45-42-39-36-33-30-27-24-21-18-15-12-9-6-3)54-63-57(60)50-47-44-41-38-35-32-29-26-23-20-17-14-11-8-5-2/h8,11,17-18,20-21,25-30,56H,4-7,9-10,12-16,19,22-24,31-54H2,1-3H3. The van der Waals surface area contributed by atoms with Crippen LogP contribution in [0.25, 0.3) is 0 Å². The van der Waals surface area contributed by atoms with Gasteiger partial charge in [-0.05, 0) is 109 Å². The average molecular weight is 893 g/mol. The van der Waals surface area contributed by atoms with Crippen molar-refractivity contribution >= 4 is 17.7 Å². The van der Waals surface area contributed by atoms with E-state index in [0.717, 1.165) is 128 Å². The maximum absolute atomic E-state index is 12.8. The fourth-order valence-corrected chi connectivity index (χ4v) is 7.36. The summed E-state index contributed by atoms with van der Waals surface area (Å²) in [6.07, 6.45) is 65.2. The van der Waals surface area contributed by atoms with Crippen LogP contribution in [0.15, 0.2) is 72.9 Å². The molecule has 64 heavy (non-hydrogen) atoms. The van der Waals surface area contributed by atoms with Crippen LogP contribution in [0.4, 0.5) is 0 Å². The lowest BCUT2D eigenvalue weighted by molar-refractivity contribution is -0.163. The van der Waals surface area contributed by atoms with Crippen LogP contribution in [0.5, 0.6) is 0 Å². The monoisotopic (exact) mass is 893 g/mol. The predicted molar refractivity (Wildman–Crippen MR) is 275 cm³/mol. The highest BCUT2D eigenvalue weighted by Crippen LogP contribution is 2.13. The third kappa shape index (κ3) is 50.0. The van der Waals surface area contributed by atoms with Gasteiger partial charge in [0.1, 0.15) is 13.2 Å². The fourth-order valence-electron chi connectivity index (χ4n) is 7.36. The molecule has 0 fully saturated rings. The minimum absolute atomic E-state index is 0.0138. The van der Waals surface area contributed by atoms with Gasteiger partial charge in [0.15, 0.2) is 11.9 Å². The highest BCUT2D eigenvalue weighted by atomic mass is 16.6. The number of rotatable bonds is 49. The van der Waals surface area contributed by atoms with E-state index in [4.69, 9.17) is 14.2 Å². The molecule has 0 N–H and O–H groups in total. The van der Waals surface area contributed by atoms with Gasteiger partial charge in [-0.15, -0.1) is 0 Å². The number of unbranched alkanes of at least 4 members (excludes halogenated alkanes) is 24. The van der Waals surface area contributed by atoms with E-state index >= 15 is 0 Å². The quantitative estimate of drug-likeness (QED) is 0.0344. The van der Waals surface area contributed by atoms with Crippen LogP contribution < -0.4 is 0 Å². The van der Waals surface area contributed by atoms with E-state index in [1.807, 2.05) is 0 Å². The molecule has 0 aliphatic carbocycles. The maximum Gasteiger partial charge on any atom is 0.306 e. The Hall–Kier alpha value is -2.99. The minimum atomic E-state index is -0.719. The number of allylic oxidation sites excluding steroid dienone is 12. The Labute approximate surface area is 395 Å². The second kappa shape index (κ2) is 52.6. The van der Waals surface area contributed by atoms with Gasteiger partial charge >= 0.3 is 11.9 Å². The van der Waals surface area contributed by atoms with Gasteiger partial charge in [-0.1, -0.05) is 196 Å².